The van der Waals surface area contributed by atoms with E-state index in [1.165, 1.54) is 42.6 Å². The lowest BCUT2D eigenvalue weighted by Gasteiger charge is -2.24. The summed E-state index contributed by atoms with van der Waals surface area (Å²) < 4.78 is 35.3. The molecule has 4 atom stereocenters. The molecule has 3 aliphatic heterocycles. The maximum atomic E-state index is 13.7. The van der Waals surface area contributed by atoms with E-state index in [4.69, 9.17) is 23.7 Å². The summed E-state index contributed by atoms with van der Waals surface area (Å²) in [5, 5.41) is 35.5. The quantitative estimate of drug-likeness (QED) is 0.0319. The van der Waals surface area contributed by atoms with Crippen LogP contribution in [0.15, 0.2) is 133 Å². The van der Waals surface area contributed by atoms with Crippen molar-refractivity contribution < 1.29 is 57.1 Å². The predicted octanol–water partition coefficient (Wildman–Crippen LogP) is 7.35. The van der Waals surface area contributed by atoms with Crippen molar-refractivity contribution >= 4 is 64.5 Å². The zero-order valence-electron chi connectivity index (χ0n) is 45.7. The minimum absolute atomic E-state index is 0.0686. The number of fused-ring (bicyclic) bond motifs is 4. The third-order valence-corrected chi connectivity index (χ3v) is 15.0. The second kappa shape index (κ2) is 23.4. The molecule has 418 valence electrons. The van der Waals surface area contributed by atoms with Crippen molar-refractivity contribution in [3.63, 3.8) is 0 Å². The second-order valence-corrected chi connectivity index (χ2v) is 20.6. The molecule has 4 unspecified atom stereocenters. The summed E-state index contributed by atoms with van der Waals surface area (Å²) >= 11 is 0. The molecule has 0 saturated carbocycles. The van der Waals surface area contributed by atoms with Gasteiger partial charge in [0.05, 0.1) is 64.5 Å². The summed E-state index contributed by atoms with van der Waals surface area (Å²) in [4.78, 5) is 65.1. The average Bonchev–Trinajstić information content (AvgIpc) is 4.04. The van der Waals surface area contributed by atoms with Gasteiger partial charge in [-0.25, -0.2) is 4.90 Å². The van der Waals surface area contributed by atoms with Crippen molar-refractivity contribution in [2.75, 3.05) is 44.8 Å². The van der Waals surface area contributed by atoms with E-state index in [0.29, 0.717) is 96.1 Å². The number of methoxy groups -OCH3 is 3. The molecule has 5 amide bonds. The Kier molecular flexibility index (Phi) is 15.8. The van der Waals surface area contributed by atoms with E-state index in [-0.39, 0.29) is 29.9 Å². The molecule has 10 rings (SSSR count). The van der Waals surface area contributed by atoms with E-state index in [1.807, 2.05) is 82.2 Å². The number of rotatable bonds is 19. The third kappa shape index (κ3) is 11.5. The number of carbonyl (C=O) groups is 5. The molecule has 0 fully saturated rings. The number of carbonyl (C=O) groups excluding carboxylic acids is 5. The molecule has 5 aromatic rings. The first-order valence-corrected chi connectivity index (χ1v) is 26.7. The van der Waals surface area contributed by atoms with Crippen molar-refractivity contribution in [3.8, 4) is 28.7 Å². The monoisotopic (exact) mass is 1100 g/mol. The molecular formula is C61H62N8O12. The van der Waals surface area contributed by atoms with Crippen LogP contribution in [0.25, 0.3) is 11.1 Å². The molecule has 2 aliphatic carbocycles. The molecule has 81 heavy (non-hydrogen) atoms. The highest BCUT2D eigenvalue weighted by Gasteiger charge is 2.35. The SMILES string of the molecule is COc1ccc(C2=CC=C3C(C2)Cn2cc(OCCCOc4cn5c(c4OC)C=[N+]([O-])C4=CC=C(c6ccc(NC(=O)C(C)NC(=O)C(NC(=O)c7ccc(N8C(=O)C=CC8=O)cc7)C(C)C)cc6)CC4C5)c(OC)c2C=[N+]3[O-])cc1. The number of nitrogens with one attached hydrogen (secondary N) is 3. The van der Waals surface area contributed by atoms with Gasteiger partial charge in [-0.3, -0.25) is 24.0 Å². The van der Waals surface area contributed by atoms with Crippen molar-refractivity contribution in [1.29, 1.82) is 0 Å². The molecule has 0 bridgehead atoms. The van der Waals surface area contributed by atoms with Crippen molar-refractivity contribution in [3.05, 3.63) is 172 Å². The molecule has 2 aromatic heterocycles. The van der Waals surface area contributed by atoms with Gasteiger partial charge in [-0.15, -0.1) is 0 Å². The Hall–Kier alpha value is -9.59. The lowest BCUT2D eigenvalue weighted by Crippen LogP contribution is -2.53. The molecule has 0 spiro atoms. The van der Waals surface area contributed by atoms with Crippen LogP contribution in [0.2, 0.25) is 0 Å². The molecule has 20 nitrogen and oxygen atoms in total. The van der Waals surface area contributed by atoms with Crippen molar-refractivity contribution in [2.45, 2.75) is 65.2 Å². The maximum absolute atomic E-state index is 13.7. The number of ether oxygens (including phenoxy) is 5. The maximum Gasteiger partial charge on any atom is 0.258 e. The highest BCUT2D eigenvalue weighted by molar-refractivity contribution is 6.28. The number of benzene rings is 3. The predicted molar refractivity (Wildman–Crippen MR) is 303 cm³/mol. The number of aromatic nitrogens is 2. The summed E-state index contributed by atoms with van der Waals surface area (Å²) in [5.74, 6) is -0.421. The van der Waals surface area contributed by atoms with E-state index in [2.05, 4.69) is 16.0 Å². The average molecular weight is 1100 g/mol. The highest BCUT2D eigenvalue weighted by Crippen LogP contribution is 2.41. The third-order valence-electron chi connectivity index (χ3n) is 15.0. The number of hydroxylamine groups is 2. The minimum Gasteiger partial charge on any atom is -0.618 e. The first-order chi connectivity index (χ1) is 39.1. The number of anilines is 2. The van der Waals surface area contributed by atoms with Crippen LogP contribution in [0.1, 0.15) is 72.9 Å². The second-order valence-electron chi connectivity index (χ2n) is 20.6. The van der Waals surface area contributed by atoms with Gasteiger partial charge in [-0.1, -0.05) is 50.3 Å². The van der Waals surface area contributed by atoms with Gasteiger partial charge in [0.15, 0.2) is 45.8 Å². The fourth-order valence-corrected chi connectivity index (χ4v) is 10.6. The Morgan fingerprint density at radius 3 is 1.63 bits per heavy atom. The van der Waals surface area contributed by atoms with Gasteiger partial charge in [-0.2, -0.15) is 9.48 Å². The number of imide groups is 1. The molecular weight excluding hydrogens is 1040 g/mol. The molecule has 20 heteroatoms. The van der Waals surface area contributed by atoms with Gasteiger partial charge in [0, 0.05) is 55.1 Å². The highest BCUT2D eigenvalue weighted by atomic mass is 16.5. The van der Waals surface area contributed by atoms with Gasteiger partial charge in [0.25, 0.3) is 17.7 Å². The van der Waals surface area contributed by atoms with Crippen LogP contribution in [0.5, 0.6) is 28.7 Å². The molecule has 0 saturated heterocycles. The molecule has 5 aliphatic rings. The molecule has 3 N–H and O–H groups in total. The Bertz CT molecular complexity index is 3510. The molecule has 3 aromatic carbocycles. The zero-order chi connectivity index (χ0) is 57.1. The Balaban J connectivity index is 0.709. The Morgan fingerprint density at radius 2 is 1.15 bits per heavy atom. The topological polar surface area (TPSA) is 233 Å². The summed E-state index contributed by atoms with van der Waals surface area (Å²) in [5.41, 5.74) is 7.62. The van der Waals surface area contributed by atoms with Crippen LogP contribution < -0.4 is 44.5 Å². The summed E-state index contributed by atoms with van der Waals surface area (Å²) in [6.45, 7) is 6.69. The van der Waals surface area contributed by atoms with Crippen LogP contribution in [0, 0.1) is 28.2 Å². The fraction of sp³-hybridized carbons (Fsp3) is 0.295. The van der Waals surface area contributed by atoms with E-state index in [9.17, 15) is 34.4 Å². The standard InChI is InChI=1S/C61H62N8O12/c1-36(2)56(64-60(73)40-10-18-46(19-11-40)69-54(70)24-25-55(69)71)61(74)62-37(3)59(72)63-45-16-8-38(9-17-45)41-14-22-48-43(28-41)30-65-34-52(57(78-5)50(65)32-67(48)75)80-26-7-27-81-53-35-66-31-44-29-42(39-12-20-47(77-4)21-13-39)15-23-49(44)68(76)33-51(66)58(53)79-6/h8-25,32-37,43-44,56H,7,26-31H2,1-6H3,(H,62,74)(H,63,72)(H,64,73). The van der Waals surface area contributed by atoms with Crippen molar-refractivity contribution in [2.24, 2.45) is 17.8 Å². The van der Waals surface area contributed by atoms with E-state index >= 15 is 0 Å². The van der Waals surface area contributed by atoms with Gasteiger partial charge in [0.2, 0.25) is 24.2 Å². The van der Waals surface area contributed by atoms with Gasteiger partial charge in [0.1, 0.15) is 17.8 Å². The number of hydrogen-bond acceptors (Lipinski definition) is 12. The summed E-state index contributed by atoms with van der Waals surface area (Å²) in [6, 6.07) is 19.2. The normalized spacial score (nSPS) is 17.9. The zero-order valence-corrected chi connectivity index (χ0v) is 45.7. The lowest BCUT2D eigenvalue weighted by atomic mass is 9.87. The first kappa shape index (κ1) is 54.8. The molecule has 0 radical (unpaired) electrons. The Labute approximate surface area is 467 Å². The Morgan fingerprint density at radius 1 is 0.642 bits per heavy atom. The minimum atomic E-state index is -0.980. The van der Waals surface area contributed by atoms with E-state index in [1.54, 1.807) is 60.4 Å². The number of amides is 5. The lowest BCUT2D eigenvalue weighted by molar-refractivity contribution is -0.404. The number of nitrogens with zero attached hydrogens (tertiary/aromatic N) is 5. The fourth-order valence-electron chi connectivity index (χ4n) is 10.6. The number of allylic oxidation sites excluding steroid dienone is 8. The van der Waals surface area contributed by atoms with Crippen LogP contribution in [-0.2, 0) is 32.3 Å². The van der Waals surface area contributed by atoms with Crippen LogP contribution in [0.3, 0.4) is 0 Å². The summed E-state index contributed by atoms with van der Waals surface area (Å²) in [6.07, 6.45) is 18.5. The van der Waals surface area contributed by atoms with Crippen LogP contribution in [-0.4, -0.2) is 107 Å². The first-order valence-electron chi connectivity index (χ1n) is 26.7. The van der Waals surface area contributed by atoms with Gasteiger partial charge >= 0.3 is 0 Å². The largest absolute Gasteiger partial charge is 0.618 e. The van der Waals surface area contributed by atoms with Crippen LogP contribution >= 0.6 is 0 Å². The van der Waals surface area contributed by atoms with Gasteiger partial charge < -0.3 is 59.2 Å². The van der Waals surface area contributed by atoms with Crippen molar-refractivity contribution in [1.82, 2.24) is 19.8 Å². The summed E-state index contributed by atoms with van der Waals surface area (Å²) in [7, 11) is 4.74. The number of hydrogen-bond donors (Lipinski definition) is 3. The van der Waals surface area contributed by atoms with E-state index in [0.717, 1.165) is 42.4 Å². The van der Waals surface area contributed by atoms with E-state index < -0.39 is 41.6 Å². The van der Waals surface area contributed by atoms with Gasteiger partial charge in [-0.05, 0) is 96.5 Å². The molecule has 5 heterocycles. The smallest absolute Gasteiger partial charge is 0.258 e. The van der Waals surface area contributed by atoms with Crippen LogP contribution in [0.4, 0.5) is 11.4 Å².